The van der Waals surface area contributed by atoms with E-state index in [4.69, 9.17) is 0 Å². The van der Waals surface area contributed by atoms with Crippen LogP contribution in [-0.4, -0.2) is 4.98 Å². The standard InChI is InChI=1S/C17H21N/c1-16(2,3)11-9-14-7-8-15(18-13-14)10-12-17(4,5)6/h7-8,13H,1-6H3. The van der Waals surface area contributed by atoms with E-state index in [-0.39, 0.29) is 10.8 Å². The Hall–Kier alpha value is -1.73. The summed E-state index contributed by atoms with van der Waals surface area (Å²) in [5, 5.41) is 0. The molecule has 0 N–H and O–H groups in total. The highest BCUT2D eigenvalue weighted by Gasteiger charge is 2.04. The Bertz CT molecular complexity index is 463. The predicted octanol–water partition coefficient (Wildman–Crippen LogP) is 3.88. The fraction of sp³-hybridized carbons (Fsp3) is 0.471. The van der Waals surface area contributed by atoms with Gasteiger partial charge in [-0.1, -0.05) is 17.8 Å². The van der Waals surface area contributed by atoms with Crippen LogP contribution in [0.3, 0.4) is 0 Å². The molecule has 0 saturated heterocycles. The Balaban J connectivity index is 2.86. The molecule has 1 aromatic rings. The van der Waals surface area contributed by atoms with Crippen LogP contribution >= 0.6 is 0 Å². The van der Waals surface area contributed by atoms with Crippen molar-refractivity contribution in [2.45, 2.75) is 41.5 Å². The average molecular weight is 239 g/mol. The Kier molecular flexibility index (Phi) is 4.20. The number of nitrogens with zero attached hydrogens (tertiary/aromatic N) is 1. The van der Waals surface area contributed by atoms with Crippen molar-refractivity contribution in [3.8, 4) is 23.7 Å². The molecule has 1 nitrogen and oxygen atoms in total. The van der Waals surface area contributed by atoms with E-state index in [9.17, 15) is 0 Å². The monoisotopic (exact) mass is 239 g/mol. The predicted molar refractivity (Wildman–Crippen MR) is 76.9 cm³/mol. The molecule has 1 heterocycles. The Morgan fingerprint density at radius 2 is 1.39 bits per heavy atom. The number of aromatic nitrogens is 1. The van der Waals surface area contributed by atoms with Crippen molar-refractivity contribution in [1.82, 2.24) is 4.98 Å². The van der Waals surface area contributed by atoms with Gasteiger partial charge in [-0.3, -0.25) is 0 Å². The molecule has 0 aliphatic heterocycles. The van der Waals surface area contributed by atoms with Gasteiger partial charge in [-0.15, -0.1) is 0 Å². The maximum atomic E-state index is 4.31. The van der Waals surface area contributed by atoms with Gasteiger partial charge in [-0.25, -0.2) is 4.98 Å². The van der Waals surface area contributed by atoms with Crippen molar-refractivity contribution in [3.05, 3.63) is 29.6 Å². The fourth-order valence-corrected chi connectivity index (χ4v) is 1.05. The molecule has 18 heavy (non-hydrogen) atoms. The molecule has 1 aromatic heterocycles. The number of rotatable bonds is 0. The molecular formula is C17H21N. The summed E-state index contributed by atoms with van der Waals surface area (Å²) in [5.41, 5.74) is 1.76. The molecule has 0 unspecified atom stereocenters. The van der Waals surface area contributed by atoms with E-state index in [0.29, 0.717) is 0 Å². The minimum absolute atomic E-state index is 0.00634. The normalized spacial score (nSPS) is 11.0. The second kappa shape index (κ2) is 5.28. The number of pyridine rings is 1. The first kappa shape index (κ1) is 14.3. The minimum atomic E-state index is 0.00634. The van der Waals surface area contributed by atoms with Gasteiger partial charge in [0.1, 0.15) is 5.69 Å². The molecule has 0 aliphatic rings. The lowest BCUT2D eigenvalue weighted by Gasteiger charge is -2.07. The van der Waals surface area contributed by atoms with E-state index in [1.807, 2.05) is 12.1 Å². The summed E-state index contributed by atoms with van der Waals surface area (Å²) in [6.45, 7) is 12.5. The van der Waals surface area contributed by atoms with Crippen LogP contribution in [0.4, 0.5) is 0 Å². The average Bonchev–Trinajstić information content (AvgIpc) is 2.23. The van der Waals surface area contributed by atoms with Crippen molar-refractivity contribution >= 4 is 0 Å². The maximum absolute atomic E-state index is 4.31. The van der Waals surface area contributed by atoms with E-state index in [1.165, 1.54) is 0 Å². The van der Waals surface area contributed by atoms with Crippen LogP contribution in [0.15, 0.2) is 18.3 Å². The highest BCUT2D eigenvalue weighted by molar-refractivity contribution is 5.37. The number of hydrogen-bond acceptors (Lipinski definition) is 1. The van der Waals surface area contributed by atoms with Gasteiger partial charge >= 0.3 is 0 Å². The Labute approximate surface area is 111 Å². The molecular weight excluding hydrogens is 218 g/mol. The molecule has 0 atom stereocenters. The fourth-order valence-electron chi connectivity index (χ4n) is 1.05. The van der Waals surface area contributed by atoms with Crippen molar-refractivity contribution in [1.29, 1.82) is 0 Å². The zero-order chi connectivity index (χ0) is 13.8. The Morgan fingerprint density at radius 3 is 1.83 bits per heavy atom. The molecule has 94 valence electrons. The van der Waals surface area contributed by atoms with Crippen LogP contribution in [0.2, 0.25) is 0 Å². The molecule has 1 heteroatoms. The first-order valence-corrected chi connectivity index (χ1v) is 6.18. The highest BCUT2D eigenvalue weighted by atomic mass is 14.7. The molecule has 0 aliphatic carbocycles. The van der Waals surface area contributed by atoms with Gasteiger partial charge in [0.05, 0.1) is 0 Å². The van der Waals surface area contributed by atoms with Crippen LogP contribution < -0.4 is 0 Å². The molecule has 1 rings (SSSR count). The van der Waals surface area contributed by atoms with Crippen LogP contribution in [0, 0.1) is 34.5 Å². The second-order valence-electron chi connectivity index (χ2n) is 6.43. The summed E-state index contributed by atoms with van der Waals surface area (Å²) in [6, 6.07) is 3.89. The van der Waals surface area contributed by atoms with Gasteiger partial charge in [-0.05, 0) is 59.6 Å². The maximum Gasteiger partial charge on any atom is 0.113 e. The topological polar surface area (TPSA) is 12.9 Å². The van der Waals surface area contributed by atoms with Crippen LogP contribution in [0.1, 0.15) is 52.8 Å². The van der Waals surface area contributed by atoms with Gasteiger partial charge in [0, 0.05) is 22.6 Å². The summed E-state index contributed by atoms with van der Waals surface area (Å²) in [5.74, 6) is 12.6. The summed E-state index contributed by atoms with van der Waals surface area (Å²) < 4.78 is 0. The van der Waals surface area contributed by atoms with Gasteiger partial charge in [0.25, 0.3) is 0 Å². The van der Waals surface area contributed by atoms with Crippen LogP contribution in [0.25, 0.3) is 0 Å². The Morgan fingerprint density at radius 1 is 0.833 bits per heavy atom. The van der Waals surface area contributed by atoms with E-state index >= 15 is 0 Å². The number of hydrogen-bond donors (Lipinski definition) is 0. The van der Waals surface area contributed by atoms with Gasteiger partial charge in [0.15, 0.2) is 0 Å². The van der Waals surface area contributed by atoms with E-state index < -0.39 is 0 Å². The first-order valence-electron chi connectivity index (χ1n) is 6.18. The third kappa shape index (κ3) is 6.12. The van der Waals surface area contributed by atoms with Crippen LogP contribution in [0.5, 0.6) is 0 Å². The van der Waals surface area contributed by atoms with E-state index in [2.05, 4.69) is 70.2 Å². The highest BCUT2D eigenvalue weighted by Crippen LogP contribution is 2.11. The first-order chi connectivity index (χ1) is 8.16. The summed E-state index contributed by atoms with van der Waals surface area (Å²) in [7, 11) is 0. The zero-order valence-corrected chi connectivity index (χ0v) is 12.2. The smallest absolute Gasteiger partial charge is 0.113 e. The lowest BCUT2D eigenvalue weighted by Crippen LogP contribution is -2.00. The summed E-state index contributed by atoms with van der Waals surface area (Å²) in [4.78, 5) is 4.31. The molecule has 0 saturated carbocycles. The minimum Gasteiger partial charge on any atom is -0.246 e. The second-order valence-corrected chi connectivity index (χ2v) is 6.43. The summed E-state index contributed by atoms with van der Waals surface area (Å²) in [6.07, 6.45) is 1.78. The molecule has 0 aromatic carbocycles. The molecule has 0 spiro atoms. The van der Waals surface area contributed by atoms with Gasteiger partial charge in [0.2, 0.25) is 0 Å². The van der Waals surface area contributed by atoms with E-state index in [1.54, 1.807) is 6.20 Å². The van der Waals surface area contributed by atoms with Gasteiger partial charge in [-0.2, -0.15) is 0 Å². The van der Waals surface area contributed by atoms with Crippen molar-refractivity contribution < 1.29 is 0 Å². The molecule has 0 amide bonds. The third-order valence-corrected chi connectivity index (χ3v) is 1.91. The van der Waals surface area contributed by atoms with Crippen LogP contribution in [-0.2, 0) is 0 Å². The lowest BCUT2D eigenvalue weighted by atomic mass is 9.97. The lowest BCUT2D eigenvalue weighted by molar-refractivity contribution is 0.570. The van der Waals surface area contributed by atoms with Crippen molar-refractivity contribution in [3.63, 3.8) is 0 Å². The quantitative estimate of drug-likeness (QED) is 0.626. The van der Waals surface area contributed by atoms with Crippen molar-refractivity contribution in [2.24, 2.45) is 10.8 Å². The summed E-state index contributed by atoms with van der Waals surface area (Å²) >= 11 is 0. The molecule has 0 radical (unpaired) electrons. The van der Waals surface area contributed by atoms with Gasteiger partial charge < -0.3 is 0 Å². The zero-order valence-electron chi connectivity index (χ0n) is 12.2. The third-order valence-electron chi connectivity index (χ3n) is 1.91. The largest absolute Gasteiger partial charge is 0.246 e. The van der Waals surface area contributed by atoms with Crippen molar-refractivity contribution in [2.75, 3.05) is 0 Å². The molecule has 0 fully saturated rings. The molecule has 0 bridgehead atoms. The van der Waals surface area contributed by atoms with E-state index in [0.717, 1.165) is 11.3 Å². The SMILES string of the molecule is CC(C)(C)C#Cc1ccc(C#CC(C)(C)C)nc1.